The lowest BCUT2D eigenvalue weighted by atomic mass is 9.82. The number of carbonyl (C=O) groups is 1. The van der Waals surface area contributed by atoms with Crippen molar-refractivity contribution < 1.29 is 14.6 Å². The van der Waals surface area contributed by atoms with Gasteiger partial charge in [-0.1, -0.05) is 0 Å². The van der Waals surface area contributed by atoms with Gasteiger partial charge in [-0.25, -0.2) is 0 Å². The van der Waals surface area contributed by atoms with Crippen LogP contribution in [0.4, 0.5) is 0 Å². The molecule has 1 unspecified atom stereocenters. The smallest absolute Gasteiger partial charge is 0.317 e. The normalized spacial score (nSPS) is 22.9. The average Bonchev–Trinajstić information content (AvgIpc) is 2.39. The molecule has 0 aromatic heterocycles. The molecule has 1 heterocycles. The Balaban J connectivity index is 2.87. The first-order valence-corrected chi connectivity index (χ1v) is 5.90. The SMILES string of the molecule is CCOC(=O)C1C(CC(C)(C)O)=NNC1(C)C. The van der Waals surface area contributed by atoms with E-state index in [1.54, 1.807) is 20.8 Å². The second-order valence-electron chi connectivity index (χ2n) is 5.61. The minimum absolute atomic E-state index is 0.287. The molecule has 5 heteroatoms. The molecule has 0 saturated carbocycles. The second kappa shape index (κ2) is 4.64. The van der Waals surface area contributed by atoms with Gasteiger partial charge in [-0.15, -0.1) is 0 Å². The maximum atomic E-state index is 11.9. The van der Waals surface area contributed by atoms with Gasteiger partial charge in [0, 0.05) is 6.42 Å². The predicted molar refractivity (Wildman–Crippen MR) is 65.7 cm³/mol. The average molecular weight is 242 g/mol. The highest BCUT2D eigenvalue weighted by Crippen LogP contribution is 2.29. The van der Waals surface area contributed by atoms with E-state index in [9.17, 15) is 9.90 Å². The number of nitrogens with zero attached hydrogens (tertiary/aromatic N) is 1. The molecule has 0 bridgehead atoms. The lowest BCUT2D eigenvalue weighted by Gasteiger charge is -2.27. The number of esters is 1. The van der Waals surface area contributed by atoms with E-state index in [4.69, 9.17) is 4.74 Å². The van der Waals surface area contributed by atoms with E-state index in [-0.39, 0.29) is 5.97 Å². The third-order valence-electron chi connectivity index (χ3n) is 2.68. The molecule has 1 atom stereocenters. The molecule has 2 N–H and O–H groups in total. The highest BCUT2D eigenvalue weighted by Gasteiger charge is 2.45. The van der Waals surface area contributed by atoms with Crippen molar-refractivity contribution in [3.8, 4) is 0 Å². The molecule has 17 heavy (non-hydrogen) atoms. The number of hydrogen-bond donors (Lipinski definition) is 2. The van der Waals surface area contributed by atoms with Crippen molar-refractivity contribution in [2.75, 3.05) is 6.61 Å². The Bertz CT molecular complexity index is 329. The molecule has 98 valence electrons. The molecule has 0 spiro atoms. The van der Waals surface area contributed by atoms with Crippen molar-refractivity contribution in [1.29, 1.82) is 0 Å². The number of hydrazone groups is 1. The Morgan fingerprint density at radius 1 is 1.59 bits per heavy atom. The summed E-state index contributed by atoms with van der Waals surface area (Å²) in [7, 11) is 0. The molecule has 5 nitrogen and oxygen atoms in total. The van der Waals surface area contributed by atoms with Crippen LogP contribution in [0.1, 0.15) is 41.0 Å². The summed E-state index contributed by atoms with van der Waals surface area (Å²) in [6, 6.07) is 0. The summed E-state index contributed by atoms with van der Waals surface area (Å²) >= 11 is 0. The molecule has 0 fully saturated rings. The molecule has 0 aliphatic carbocycles. The maximum absolute atomic E-state index is 11.9. The largest absolute Gasteiger partial charge is 0.465 e. The van der Waals surface area contributed by atoms with Gasteiger partial charge in [-0.05, 0) is 34.6 Å². The van der Waals surface area contributed by atoms with Gasteiger partial charge in [0.2, 0.25) is 0 Å². The Labute approximate surface area is 102 Å². The van der Waals surface area contributed by atoms with Gasteiger partial charge < -0.3 is 15.3 Å². The first kappa shape index (κ1) is 14.0. The Hall–Kier alpha value is -1.10. The van der Waals surface area contributed by atoms with Crippen molar-refractivity contribution >= 4 is 11.7 Å². The van der Waals surface area contributed by atoms with Gasteiger partial charge in [-0.2, -0.15) is 5.10 Å². The molecule has 1 aliphatic heterocycles. The standard InChI is InChI=1S/C12H22N2O3/c1-6-17-10(15)9-8(7-11(2,3)16)13-14-12(9,4)5/h9,14,16H,6-7H2,1-5H3. The van der Waals surface area contributed by atoms with Crippen LogP contribution >= 0.6 is 0 Å². The van der Waals surface area contributed by atoms with Crippen LogP contribution in [0.15, 0.2) is 5.10 Å². The zero-order valence-electron chi connectivity index (χ0n) is 11.2. The highest BCUT2D eigenvalue weighted by molar-refractivity contribution is 6.05. The lowest BCUT2D eigenvalue weighted by Crippen LogP contribution is -2.46. The zero-order valence-corrected chi connectivity index (χ0v) is 11.2. The van der Waals surface area contributed by atoms with Crippen LogP contribution < -0.4 is 5.43 Å². The van der Waals surface area contributed by atoms with Crippen LogP contribution in [-0.2, 0) is 9.53 Å². The fourth-order valence-electron chi connectivity index (χ4n) is 2.00. The third kappa shape index (κ3) is 3.43. The summed E-state index contributed by atoms with van der Waals surface area (Å²) in [6.45, 7) is 9.32. The highest BCUT2D eigenvalue weighted by atomic mass is 16.5. The van der Waals surface area contributed by atoms with Crippen LogP contribution in [-0.4, -0.2) is 34.5 Å². The molecular weight excluding hydrogens is 220 g/mol. The van der Waals surface area contributed by atoms with Crippen LogP contribution in [0.3, 0.4) is 0 Å². The van der Waals surface area contributed by atoms with E-state index >= 15 is 0 Å². The summed E-state index contributed by atoms with van der Waals surface area (Å²) in [6.07, 6.45) is 0.354. The van der Waals surface area contributed by atoms with Crippen LogP contribution in [0.2, 0.25) is 0 Å². The molecule has 0 radical (unpaired) electrons. The minimum Gasteiger partial charge on any atom is -0.465 e. The lowest BCUT2D eigenvalue weighted by molar-refractivity contribution is -0.147. The van der Waals surface area contributed by atoms with E-state index in [0.29, 0.717) is 18.7 Å². The van der Waals surface area contributed by atoms with E-state index in [2.05, 4.69) is 10.5 Å². The molecule has 1 rings (SSSR count). The summed E-state index contributed by atoms with van der Waals surface area (Å²) in [5, 5.41) is 14.0. The van der Waals surface area contributed by atoms with Gasteiger partial charge >= 0.3 is 5.97 Å². The Kier molecular flexibility index (Phi) is 3.81. The summed E-state index contributed by atoms with van der Waals surface area (Å²) < 4.78 is 5.06. The quantitative estimate of drug-likeness (QED) is 0.723. The van der Waals surface area contributed by atoms with Crippen molar-refractivity contribution in [3.05, 3.63) is 0 Å². The molecule has 1 aliphatic rings. The molecular formula is C12H22N2O3. The van der Waals surface area contributed by atoms with Gasteiger partial charge in [0.25, 0.3) is 0 Å². The van der Waals surface area contributed by atoms with E-state index < -0.39 is 17.1 Å². The van der Waals surface area contributed by atoms with Gasteiger partial charge in [0.15, 0.2) is 0 Å². The zero-order chi connectivity index (χ0) is 13.3. The van der Waals surface area contributed by atoms with Crippen molar-refractivity contribution in [3.63, 3.8) is 0 Å². The first-order valence-electron chi connectivity index (χ1n) is 5.90. The van der Waals surface area contributed by atoms with E-state index in [1.807, 2.05) is 13.8 Å². The molecule has 0 aromatic rings. The summed E-state index contributed by atoms with van der Waals surface area (Å²) in [5.74, 6) is -0.723. The number of carbonyl (C=O) groups excluding carboxylic acids is 1. The van der Waals surface area contributed by atoms with E-state index in [0.717, 1.165) is 0 Å². The number of hydrogen-bond acceptors (Lipinski definition) is 5. The predicted octanol–water partition coefficient (Wildman–Crippen LogP) is 1.06. The van der Waals surface area contributed by atoms with Crippen molar-refractivity contribution in [2.24, 2.45) is 11.0 Å². The Morgan fingerprint density at radius 2 is 2.18 bits per heavy atom. The molecule has 0 amide bonds. The van der Waals surface area contributed by atoms with Gasteiger partial charge in [0.1, 0.15) is 5.92 Å². The number of nitrogens with one attached hydrogen (secondary N) is 1. The fraction of sp³-hybridized carbons (Fsp3) is 0.833. The van der Waals surface area contributed by atoms with Crippen molar-refractivity contribution in [1.82, 2.24) is 5.43 Å². The maximum Gasteiger partial charge on any atom is 0.317 e. The van der Waals surface area contributed by atoms with Crippen molar-refractivity contribution in [2.45, 2.75) is 52.2 Å². The van der Waals surface area contributed by atoms with Crippen LogP contribution in [0, 0.1) is 5.92 Å². The fourth-order valence-corrected chi connectivity index (χ4v) is 2.00. The van der Waals surface area contributed by atoms with Crippen LogP contribution in [0.25, 0.3) is 0 Å². The number of rotatable bonds is 4. The van der Waals surface area contributed by atoms with Gasteiger partial charge in [-0.3, -0.25) is 4.79 Å². The van der Waals surface area contributed by atoms with Gasteiger partial charge in [0.05, 0.1) is 23.5 Å². The topological polar surface area (TPSA) is 70.9 Å². The molecule has 0 aromatic carbocycles. The molecule has 0 saturated heterocycles. The second-order valence-corrected chi connectivity index (χ2v) is 5.61. The first-order chi connectivity index (χ1) is 7.67. The summed E-state index contributed by atoms with van der Waals surface area (Å²) in [5.41, 5.74) is 2.24. The monoisotopic (exact) mass is 242 g/mol. The van der Waals surface area contributed by atoms with Crippen LogP contribution in [0.5, 0.6) is 0 Å². The number of ether oxygens (including phenoxy) is 1. The minimum atomic E-state index is -0.883. The number of aliphatic hydroxyl groups is 1. The third-order valence-corrected chi connectivity index (χ3v) is 2.68. The Morgan fingerprint density at radius 3 is 2.65 bits per heavy atom. The van der Waals surface area contributed by atoms with E-state index in [1.165, 1.54) is 0 Å². The summed E-state index contributed by atoms with van der Waals surface area (Å²) in [4.78, 5) is 11.9.